The van der Waals surface area contributed by atoms with Crippen LogP contribution in [0.5, 0.6) is 0 Å². The lowest BCUT2D eigenvalue weighted by atomic mass is 10.3. The van der Waals surface area contributed by atoms with E-state index in [0.29, 0.717) is 11.7 Å². The van der Waals surface area contributed by atoms with Crippen molar-refractivity contribution in [3.63, 3.8) is 0 Å². The molecule has 0 aliphatic carbocycles. The van der Waals surface area contributed by atoms with E-state index in [1.165, 1.54) is 5.56 Å². The standard InChI is InChI=1S/C11H13ClN4/c1-16-10(12)7-15-11(16)8-14-6-9-2-4-13-5-3-9/h2-5,7,14H,6,8H2,1H3. The van der Waals surface area contributed by atoms with Gasteiger partial charge in [0, 0.05) is 26.0 Å². The zero-order valence-corrected chi connectivity index (χ0v) is 9.78. The van der Waals surface area contributed by atoms with Gasteiger partial charge in [0.05, 0.1) is 12.7 Å². The molecule has 5 heteroatoms. The molecule has 0 fully saturated rings. The molecule has 4 nitrogen and oxygen atoms in total. The van der Waals surface area contributed by atoms with E-state index in [0.717, 1.165) is 12.4 Å². The summed E-state index contributed by atoms with van der Waals surface area (Å²) in [7, 11) is 1.90. The van der Waals surface area contributed by atoms with Gasteiger partial charge in [-0.1, -0.05) is 11.6 Å². The Morgan fingerprint density at radius 1 is 1.31 bits per heavy atom. The average Bonchev–Trinajstić information content (AvgIpc) is 2.62. The molecule has 0 spiro atoms. The Hall–Kier alpha value is -1.39. The van der Waals surface area contributed by atoms with Crippen molar-refractivity contribution < 1.29 is 0 Å². The third-order valence-corrected chi connectivity index (χ3v) is 2.74. The third kappa shape index (κ3) is 2.59. The zero-order valence-electron chi connectivity index (χ0n) is 9.02. The summed E-state index contributed by atoms with van der Waals surface area (Å²) in [5.41, 5.74) is 1.20. The maximum atomic E-state index is 5.89. The molecule has 0 saturated carbocycles. The number of nitrogens with one attached hydrogen (secondary N) is 1. The lowest BCUT2D eigenvalue weighted by molar-refractivity contribution is 0.639. The van der Waals surface area contributed by atoms with Crippen molar-refractivity contribution in [1.29, 1.82) is 0 Å². The molecular weight excluding hydrogens is 224 g/mol. The molecule has 0 aliphatic heterocycles. The van der Waals surface area contributed by atoms with Crippen LogP contribution in [0.1, 0.15) is 11.4 Å². The Bertz CT molecular complexity index is 452. The highest BCUT2D eigenvalue weighted by atomic mass is 35.5. The van der Waals surface area contributed by atoms with Gasteiger partial charge in [-0.15, -0.1) is 0 Å². The lowest BCUT2D eigenvalue weighted by Gasteiger charge is -2.05. The van der Waals surface area contributed by atoms with Crippen LogP contribution in [0.3, 0.4) is 0 Å². The van der Waals surface area contributed by atoms with E-state index in [-0.39, 0.29) is 0 Å². The normalized spacial score (nSPS) is 10.6. The highest BCUT2D eigenvalue weighted by Gasteiger charge is 2.03. The van der Waals surface area contributed by atoms with Crippen molar-refractivity contribution in [2.75, 3.05) is 0 Å². The van der Waals surface area contributed by atoms with Crippen molar-refractivity contribution in [2.24, 2.45) is 7.05 Å². The van der Waals surface area contributed by atoms with Crippen LogP contribution in [0.15, 0.2) is 30.7 Å². The van der Waals surface area contributed by atoms with Crippen molar-refractivity contribution in [2.45, 2.75) is 13.1 Å². The summed E-state index contributed by atoms with van der Waals surface area (Å²) >= 11 is 5.89. The van der Waals surface area contributed by atoms with Crippen LogP contribution in [0, 0.1) is 0 Å². The molecule has 2 aromatic rings. The van der Waals surface area contributed by atoms with Gasteiger partial charge in [-0.25, -0.2) is 4.98 Å². The second-order valence-electron chi connectivity index (χ2n) is 3.52. The number of hydrogen-bond donors (Lipinski definition) is 1. The van der Waals surface area contributed by atoms with Crippen molar-refractivity contribution in [1.82, 2.24) is 19.9 Å². The second-order valence-corrected chi connectivity index (χ2v) is 3.90. The summed E-state index contributed by atoms with van der Waals surface area (Å²) in [4.78, 5) is 8.17. The van der Waals surface area contributed by atoms with Crippen LogP contribution in [-0.2, 0) is 20.1 Å². The van der Waals surface area contributed by atoms with Crippen LogP contribution in [0.4, 0.5) is 0 Å². The molecule has 0 amide bonds. The highest BCUT2D eigenvalue weighted by molar-refractivity contribution is 6.29. The quantitative estimate of drug-likeness (QED) is 0.880. The van der Waals surface area contributed by atoms with Gasteiger partial charge >= 0.3 is 0 Å². The molecule has 1 N–H and O–H groups in total. The van der Waals surface area contributed by atoms with Gasteiger partial charge in [-0.2, -0.15) is 0 Å². The minimum absolute atomic E-state index is 0.653. The molecule has 2 aromatic heterocycles. The number of nitrogens with zero attached hydrogens (tertiary/aromatic N) is 3. The Morgan fingerprint density at radius 2 is 2.06 bits per heavy atom. The average molecular weight is 237 g/mol. The number of imidazole rings is 1. The molecule has 84 valence electrons. The Kier molecular flexibility index (Phi) is 3.54. The number of aromatic nitrogens is 3. The molecule has 16 heavy (non-hydrogen) atoms. The largest absolute Gasteiger partial charge is 0.321 e. The summed E-state index contributed by atoms with van der Waals surface area (Å²) in [6, 6.07) is 3.97. The van der Waals surface area contributed by atoms with E-state index < -0.39 is 0 Å². The molecular formula is C11H13ClN4. The molecule has 0 atom stereocenters. The van der Waals surface area contributed by atoms with E-state index in [2.05, 4.69) is 15.3 Å². The molecule has 0 aliphatic rings. The fourth-order valence-electron chi connectivity index (χ4n) is 1.41. The van der Waals surface area contributed by atoms with Crippen LogP contribution >= 0.6 is 11.6 Å². The van der Waals surface area contributed by atoms with Crippen LogP contribution < -0.4 is 5.32 Å². The fraction of sp³-hybridized carbons (Fsp3) is 0.273. The summed E-state index contributed by atoms with van der Waals surface area (Å²) in [5, 5.41) is 3.96. The number of rotatable bonds is 4. The monoisotopic (exact) mass is 236 g/mol. The Labute approximate surface area is 99.3 Å². The Balaban J connectivity index is 1.87. The van der Waals surface area contributed by atoms with E-state index in [1.807, 2.05) is 23.7 Å². The van der Waals surface area contributed by atoms with Crippen LogP contribution in [-0.4, -0.2) is 14.5 Å². The molecule has 2 heterocycles. The molecule has 0 saturated heterocycles. The van der Waals surface area contributed by atoms with Gasteiger partial charge in [0.25, 0.3) is 0 Å². The first kappa shape index (κ1) is 11.1. The fourth-order valence-corrected chi connectivity index (χ4v) is 1.55. The maximum absolute atomic E-state index is 5.89. The van der Waals surface area contributed by atoms with Crippen molar-refractivity contribution >= 4 is 11.6 Å². The van der Waals surface area contributed by atoms with Crippen LogP contribution in [0.2, 0.25) is 5.15 Å². The van der Waals surface area contributed by atoms with Crippen molar-refractivity contribution in [3.8, 4) is 0 Å². The van der Waals surface area contributed by atoms with Gasteiger partial charge in [-0.05, 0) is 17.7 Å². The number of halogens is 1. The smallest absolute Gasteiger partial charge is 0.128 e. The first-order valence-electron chi connectivity index (χ1n) is 5.03. The SMILES string of the molecule is Cn1c(Cl)cnc1CNCc1ccncc1. The molecule has 0 bridgehead atoms. The lowest BCUT2D eigenvalue weighted by Crippen LogP contribution is -2.15. The molecule has 0 radical (unpaired) electrons. The van der Waals surface area contributed by atoms with Gasteiger partial charge in [0.1, 0.15) is 11.0 Å². The summed E-state index contributed by atoms with van der Waals surface area (Å²) in [5.74, 6) is 0.930. The van der Waals surface area contributed by atoms with E-state index >= 15 is 0 Å². The summed E-state index contributed by atoms with van der Waals surface area (Å²) in [6.45, 7) is 1.50. The first-order valence-corrected chi connectivity index (χ1v) is 5.41. The summed E-state index contributed by atoms with van der Waals surface area (Å²) < 4.78 is 1.86. The van der Waals surface area contributed by atoms with E-state index in [1.54, 1.807) is 18.6 Å². The van der Waals surface area contributed by atoms with Gasteiger partial charge < -0.3 is 9.88 Å². The van der Waals surface area contributed by atoms with Crippen molar-refractivity contribution in [3.05, 3.63) is 47.3 Å². The zero-order chi connectivity index (χ0) is 11.4. The minimum Gasteiger partial charge on any atom is -0.321 e. The predicted molar refractivity (Wildman–Crippen MR) is 63.0 cm³/mol. The van der Waals surface area contributed by atoms with Gasteiger partial charge in [-0.3, -0.25) is 4.98 Å². The maximum Gasteiger partial charge on any atom is 0.128 e. The third-order valence-electron chi connectivity index (χ3n) is 2.39. The number of hydrogen-bond acceptors (Lipinski definition) is 3. The van der Waals surface area contributed by atoms with E-state index in [9.17, 15) is 0 Å². The van der Waals surface area contributed by atoms with Gasteiger partial charge in [0.15, 0.2) is 0 Å². The predicted octanol–water partition coefficient (Wildman–Crippen LogP) is 1.76. The Morgan fingerprint density at radius 3 is 2.69 bits per heavy atom. The minimum atomic E-state index is 0.653. The van der Waals surface area contributed by atoms with E-state index in [4.69, 9.17) is 11.6 Å². The molecule has 0 unspecified atom stereocenters. The van der Waals surface area contributed by atoms with Crippen LogP contribution in [0.25, 0.3) is 0 Å². The first-order chi connectivity index (χ1) is 7.77. The topological polar surface area (TPSA) is 42.7 Å². The van der Waals surface area contributed by atoms with Gasteiger partial charge in [0.2, 0.25) is 0 Å². The highest BCUT2D eigenvalue weighted by Crippen LogP contribution is 2.08. The summed E-state index contributed by atoms with van der Waals surface area (Å²) in [6.07, 6.45) is 5.23. The molecule has 2 rings (SSSR count). The number of pyridine rings is 1. The second kappa shape index (κ2) is 5.09. The molecule has 0 aromatic carbocycles.